The van der Waals surface area contributed by atoms with Crippen LogP contribution in [-0.2, 0) is 11.8 Å². The third kappa shape index (κ3) is 3.04. The number of hydrogen-bond donors (Lipinski definition) is 0. The molecule has 1 heterocycles. The molecule has 0 N–H and O–H groups in total. The van der Waals surface area contributed by atoms with Crippen LogP contribution >= 0.6 is 11.5 Å². The van der Waals surface area contributed by atoms with Gasteiger partial charge in [-0.15, -0.1) is 5.10 Å². The molecule has 1 aromatic carbocycles. The molecule has 0 bridgehead atoms. The van der Waals surface area contributed by atoms with Gasteiger partial charge in [-0.25, -0.2) is 0 Å². The van der Waals surface area contributed by atoms with Crippen LogP contribution in [0.4, 0.5) is 0 Å². The Morgan fingerprint density at radius 1 is 1.30 bits per heavy atom. The SMILES string of the molecule is COc1ccccc1CC(=O)c1snnc1C(C)(C)C. The third-order valence-corrected chi connectivity index (χ3v) is 3.76. The zero-order valence-electron chi connectivity index (χ0n) is 12.1. The van der Waals surface area contributed by atoms with E-state index in [4.69, 9.17) is 4.74 Å². The standard InChI is InChI=1S/C15H18N2O2S/c1-15(2,3)14-13(20-17-16-14)11(18)9-10-7-5-6-8-12(10)19-4/h5-8H,9H2,1-4H3. The second-order valence-electron chi connectivity index (χ2n) is 5.61. The number of nitrogens with zero attached hydrogens (tertiary/aromatic N) is 2. The Kier molecular flexibility index (Phi) is 4.18. The van der Waals surface area contributed by atoms with Crippen molar-refractivity contribution in [1.82, 2.24) is 9.59 Å². The van der Waals surface area contributed by atoms with Gasteiger partial charge in [0.15, 0.2) is 5.78 Å². The van der Waals surface area contributed by atoms with E-state index < -0.39 is 0 Å². The maximum absolute atomic E-state index is 12.5. The quantitative estimate of drug-likeness (QED) is 0.811. The highest BCUT2D eigenvalue weighted by Gasteiger charge is 2.26. The molecule has 0 radical (unpaired) electrons. The van der Waals surface area contributed by atoms with Gasteiger partial charge >= 0.3 is 0 Å². The van der Waals surface area contributed by atoms with Crippen LogP contribution < -0.4 is 4.74 Å². The number of methoxy groups -OCH3 is 1. The fourth-order valence-corrected chi connectivity index (χ4v) is 2.78. The molecule has 0 aliphatic heterocycles. The molecule has 0 aliphatic rings. The third-order valence-electron chi connectivity index (χ3n) is 3.00. The molecule has 106 valence electrons. The summed E-state index contributed by atoms with van der Waals surface area (Å²) in [6, 6.07) is 7.56. The molecule has 0 saturated heterocycles. The molecular weight excluding hydrogens is 272 g/mol. The second-order valence-corrected chi connectivity index (χ2v) is 6.37. The highest BCUT2D eigenvalue weighted by Crippen LogP contribution is 2.28. The molecule has 5 heteroatoms. The van der Waals surface area contributed by atoms with Gasteiger partial charge < -0.3 is 4.74 Å². The first-order valence-electron chi connectivity index (χ1n) is 6.41. The predicted molar refractivity (Wildman–Crippen MR) is 79.6 cm³/mol. The van der Waals surface area contributed by atoms with Crippen LogP contribution in [0.1, 0.15) is 41.7 Å². The average Bonchev–Trinajstić information content (AvgIpc) is 2.88. The zero-order valence-corrected chi connectivity index (χ0v) is 13.0. The summed E-state index contributed by atoms with van der Waals surface area (Å²) in [5.74, 6) is 0.769. The molecule has 4 nitrogen and oxygen atoms in total. The van der Waals surface area contributed by atoms with Crippen LogP contribution in [0.2, 0.25) is 0 Å². The van der Waals surface area contributed by atoms with Gasteiger partial charge in [0.2, 0.25) is 0 Å². The number of ketones is 1. The lowest BCUT2D eigenvalue weighted by Crippen LogP contribution is -2.17. The number of ether oxygens (including phenoxy) is 1. The Morgan fingerprint density at radius 3 is 2.65 bits per heavy atom. The van der Waals surface area contributed by atoms with Gasteiger partial charge in [0.05, 0.1) is 12.8 Å². The Bertz CT molecular complexity index is 614. The minimum Gasteiger partial charge on any atom is -0.496 e. The summed E-state index contributed by atoms with van der Waals surface area (Å²) in [7, 11) is 1.61. The summed E-state index contributed by atoms with van der Waals surface area (Å²) in [6.07, 6.45) is 0.303. The van der Waals surface area contributed by atoms with Crippen molar-refractivity contribution in [3.8, 4) is 5.75 Å². The molecule has 0 spiro atoms. The van der Waals surface area contributed by atoms with E-state index >= 15 is 0 Å². The summed E-state index contributed by atoms with van der Waals surface area (Å²) in [4.78, 5) is 13.1. The monoisotopic (exact) mass is 290 g/mol. The van der Waals surface area contributed by atoms with Crippen molar-refractivity contribution in [2.24, 2.45) is 0 Å². The molecule has 0 saturated carbocycles. The lowest BCUT2D eigenvalue weighted by Gasteiger charge is -2.16. The van der Waals surface area contributed by atoms with Crippen LogP contribution in [0.25, 0.3) is 0 Å². The number of para-hydroxylation sites is 1. The predicted octanol–water partition coefficient (Wildman–Crippen LogP) is 3.27. The molecule has 0 atom stereocenters. The van der Waals surface area contributed by atoms with Crippen molar-refractivity contribution in [2.75, 3.05) is 7.11 Å². The molecule has 2 rings (SSSR count). The fourth-order valence-electron chi connectivity index (χ4n) is 1.97. The van der Waals surface area contributed by atoms with Crippen LogP contribution in [0.5, 0.6) is 5.75 Å². The van der Waals surface area contributed by atoms with Gasteiger partial charge in [0, 0.05) is 17.4 Å². The number of rotatable bonds is 4. The lowest BCUT2D eigenvalue weighted by atomic mass is 9.90. The molecule has 2 aromatic rings. The molecule has 0 fully saturated rings. The van der Waals surface area contributed by atoms with E-state index in [9.17, 15) is 4.79 Å². The number of carbonyl (C=O) groups excluding carboxylic acids is 1. The largest absolute Gasteiger partial charge is 0.496 e. The van der Waals surface area contributed by atoms with Crippen molar-refractivity contribution < 1.29 is 9.53 Å². The summed E-state index contributed by atoms with van der Waals surface area (Å²) in [5, 5.41) is 4.11. The van der Waals surface area contributed by atoms with E-state index in [1.807, 2.05) is 45.0 Å². The van der Waals surface area contributed by atoms with Gasteiger partial charge in [-0.05, 0) is 17.6 Å². The number of aromatic nitrogens is 2. The highest BCUT2D eigenvalue weighted by atomic mass is 32.1. The molecule has 1 aromatic heterocycles. The number of benzene rings is 1. The lowest BCUT2D eigenvalue weighted by molar-refractivity contribution is 0.0993. The molecule has 0 aliphatic carbocycles. The first kappa shape index (κ1) is 14.7. The van der Waals surface area contributed by atoms with Crippen LogP contribution in [-0.4, -0.2) is 22.5 Å². The van der Waals surface area contributed by atoms with Gasteiger partial charge in [0.25, 0.3) is 0 Å². The van der Waals surface area contributed by atoms with E-state index in [0.717, 1.165) is 17.0 Å². The summed E-state index contributed by atoms with van der Waals surface area (Å²) in [5.41, 5.74) is 1.47. The summed E-state index contributed by atoms with van der Waals surface area (Å²) < 4.78 is 9.21. The van der Waals surface area contributed by atoms with Gasteiger partial charge in [-0.3, -0.25) is 4.79 Å². The highest BCUT2D eigenvalue weighted by molar-refractivity contribution is 7.08. The smallest absolute Gasteiger partial charge is 0.180 e. The maximum atomic E-state index is 12.5. The van der Waals surface area contributed by atoms with E-state index in [2.05, 4.69) is 9.59 Å². The Labute approximate surface area is 123 Å². The van der Waals surface area contributed by atoms with Crippen molar-refractivity contribution in [3.05, 3.63) is 40.4 Å². The van der Waals surface area contributed by atoms with Gasteiger partial charge in [-0.2, -0.15) is 0 Å². The molecule has 0 unspecified atom stereocenters. The number of hydrogen-bond acceptors (Lipinski definition) is 5. The average molecular weight is 290 g/mol. The van der Waals surface area contributed by atoms with Crippen LogP contribution in [0.3, 0.4) is 0 Å². The Balaban J connectivity index is 2.27. The minimum atomic E-state index is -0.182. The topological polar surface area (TPSA) is 52.1 Å². The Hall–Kier alpha value is -1.75. The van der Waals surface area contributed by atoms with Crippen molar-refractivity contribution >= 4 is 17.3 Å². The Morgan fingerprint density at radius 2 is 2.00 bits per heavy atom. The number of carbonyl (C=O) groups is 1. The molecule has 20 heavy (non-hydrogen) atoms. The van der Waals surface area contributed by atoms with Crippen LogP contribution in [0, 0.1) is 0 Å². The second kappa shape index (κ2) is 5.71. The van der Waals surface area contributed by atoms with Crippen LogP contribution in [0.15, 0.2) is 24.3 Å². The van der Waals surface area contributed by atoms with Crippen molar-refractivity contribution in [1.29, 1.82) is 0 Å². The first-order valence-corrected chi connectivity index (χ1v) is 7.18. The van der Waals surface area contributed by atoms with Gasteiger partial charge in [0.1, 0.15) is 10.6 Å². The minimum absolute atomic E-state index is 0.0365. The van der Waals surface area contributed by atoms with E-state index in [-0.39, 0.29) is 11.2 Å². The van der Waals surface area contributed by atoms with Gasteiger partial charge in [-0.1, -0.05) is 43.5 Å². The fraction of sp³-hybridized carbons (Fsp3) is 0.400. The van der Waals surface area contributed by atoms with E-state index in [1.54, 1.807) is 7.11 Å². The van der Waals surface area contributed by atoms with Crippen molar-refractivity contribution in [3.63, 3.8) is 0 Å². The zero-order chi connectivity index (χ0) is 14.8. The molecule has 0 amide bonds. The van der Waals surface area contributed by atoms with Crippen molar-refractivity contribution in [2.45, 2.75) is 32.6 Å². The maximum Gasteiger partial charge on any atom is 0.180 e. The molecular formula is C15H18N2O2S. The summed E-state index contributed by atoms with van der Waals surface area (Å²) >= 11 is 1.17. The first-order chi connectivity index (χ1) is 9.43. The van der Waals surface area contributed by atoms with E-state index in [0.29, 0.717) is 11.3 Å². The van der Waals surface area contributed by atoms with E-state index in [1.165, 1.54) is 11.5 Å². The summed E-state index contributed by atoms with van der Waals surface area (Å²) in [6.45, 7) is 6.09. The normalized spacial score (nSPS) is 11.4. The number of Topliss-reactive ketones (excluding diaryl/α,β-unsaturated/α-hetero) is 1.